The third-order valence-electron chi connectivity index (χ3n) is 3.71. The van der Waals surface area contributed by atoms with Crippen LogP contribution in [0.4, 0.5) is 5.69 Å². The summed E-state index contributed by atoms with van der Waals surface area (Å²) in [6, 6.07) is 7.73. The molecule has 20 heavy (non-hydrogen) atoms. The highest BCUT2D eigenvalue weighted by molar-refractivity contribution is 6.32. The summed E-state index contributed by atoms with van der Waals surface area (Å²) in [5, 5.41) is 3.17. The fourth-order valence-corrected chi connectivity index (χ4v) is 2.83. The zero-order valence-corrected chi connectivity index (χ0v) is 12.0. The Morgan fingerprint density at radius 3 is 2.85 bits per heavy atom. The number of rotatable bonds is 2. The van der Waals surface area contributed by atoms with Crippen molar-refractivity contribution >= 4 is 23.2 Å². The topological polar surface area (TPSA) is 42.0 Å². The number of halogens is 1. The number of fused-ring (bicyclic) bond motifs is 1. The number of hydrogen-bond donors (Lipinski definition) is 1. The molecule has 0 spiro atoms. The summed E-state index contributed by atoms with van der Waals surface area (Å²) in [7, 11) is 0. The Hall–Kier alpha value is -1.87. The van der Waals surface area contributed by atoms with Gasteiger partial charge in [0.2, 0.25) is 0 Å². The minimum absolute atomic E-state index is 0.141. The molecule has 0 atom stereocenters. The van der Waals surface area contributed by atoms with Crippen LogP contribution < -0.4 is 5.32 Å². The number of aryl methyl sites for hydroxylation is 3. The van der Waals surface area contributed by atoms with Crippen molar-refractivity contribution in [1.82, 2.24) is 4.98 Å². The van der Waals surface area contributed by atoms with E-state index in [-0.39, 0.29) is 5.91 Å². The lowest BCUT2D eigenvalue weighted by atomic mass is 10.1. The third kappa shape index (κ3) is 2.41. The van der Waals surface area contributed by atoms with Crippen molar-refractivity contribution in [2.75, 3.05) is 5.32 Å². The molecule has 0 fully saturated rings. The number of carbonyl (C=O) groups excluding carboxylic acids is 1. The van der Waals surface area contributed by atoms with E-state index in [9.17, 15) is 4.79 Å². The number of amides is 1. The normalized spacial score (nSPS) is 13.1. The molecule has 1 aromatic carbocycles. The van der Waals surface area contributed by atoms with E-state index in [4.69, 9.17) is 11.6 Å². The molecule has 3 rings (SSSR count). The van der Waals surface area contributed by atoms with Gasteiger partial charge in [0.15, 0.2) is 5.15 Å². The molecular formula is C16H15ClN2O. The lowest BCUT2D eigenvalue weighted by Crippen LogP contribution is -2.14. The van der Waals surface area contributed by atoms with E-state index in [1.54, 1.807) is 6.20 Å². The molecule has 1 aliphatic carbocycles. The highest BCUT2D eigenvalue weighted by Crippen LogP contribution is 2.25. The number of benzene rings is 1. The second-order valence-corrected chi connectivity index (χ2v) is 5.44. The van der Waals surface area contributed by atoms with Crippen molar-refractivity contribution in [2.45, 2.75) is 26.2 Å². The van der Waals surface area contributed by atoms with Gasteiger partial charge >= 0.3 is 0 Å². The van der Waals surface area contributed by atoms with Gasteiger partial charge in [0, 0.05) is 11.8 Å². The lowest BCUT2D eigenvalue weighted by molar-refractivity contribution is 0.102. The molecular weight excluding hydrogens is 272 g/mol. The maximum atomic E-state index is 12.3. The van der Waals surface area contributed by atoms with Crippen molar-refractivity contribution in [3.8, 4) is 0 Å². The second kappa shape index (κ2) is 5.25. The summed E-state index contributed by atoms with van der Waals surface area (Å²) in [6.45, 7) is 1.89. The Morgan fingerprint density at radius 1 is 1.25 bits per heavy atom. The third-order valence-corrected chi connectivity index (χ3v) is 4.00. The van der Waals surface area contributed by atoms with E-state index in [1.807, 2.05) is 25.1 Å². The number of anilines is 1. The van der Waals surface area contributed by atoms with Gasteiger partial charge in [-0.05, 0) is 61.1 Å². The molecule has 102 valence electrons. The number of carbonyl (C=O) groups is 1. The molecule has 3 nitrogen and oxygen atoms in total. The van der Waals surface area contributed by atoms with Crippen molar-refractivity contribution in [3.63, 3.8) is 0 Å². The predicted octanol–water partition coefficient (Wildman–Crippen LogP) is 3.78. The lowest BCUT2D eigenvalue weighted by Gasteiger charge is -2.10. The molecule has 1 heterocycles. The molecule has 4 heteroatoms. The summed E-state index contributed by atoms with van der Waals surface area (Å²) in [5.74, 6) is -0.141. The number of nitrogens with one attached hydrogen (secondary N) is 1. The van der Waals surface area contributed by atoms with Gasteiger partial charge in [-0.2, -0.15) is 0 Å². The molecule has 0 saturated carbocycles. The van der Waals surface area contributed by atoms with Crippen molar-refractivity contribution < 1.29 is 4.79 Å². The molecule has 1 N–H and O–H groups in total. The van der Waals surface area contributed by atoms with Crippen molar-refractivity contribution in [3.05, 3.63) is 57.9 Å². The molecule has 0 unspecified atom stereocenters. The molecule has 1 amide bonds. The average Bonchev–Trinajstić information content (AvgIpc) is 2.90. The van der Waals surface area contributed by atoms with Gasteiger partial charge in [-0.15, -0.1) is 0 Å². The summed E-state index contributed by atoms with van der Waals surface area (Å²) >= 11 is 6.03. The van der Waals surface area contributed by atoms with Gasteiger partial charge in [0.05, 0.1) is 5.69 Å². The molecule has 0 aliphatic heterocycles. The molecule has 0 bridgehead atoms. The first-order valence-corrected chi connectivity index (χ1v) is 7.07. The summed E-state index contributed by atoms with van der Waals surface area (Å²) in [5.41, 5.74) is 4.80. The van der Waals surface area contributed by atoms with Gasteiger partial charge in [-0.1, -0.05) is 17.7 Å². The maximum absolute atomic E-state index is 12.3. The van der Waals surface area contributed by atoms with Crippen LogP contribution >= 0.6 is 11.6 Å². The van der Waals surface area contributed by atoms with E-state index in [0.717, 1.165) is 18.4 Å². The van der Waals surface area contributed by atoms with Gasteiger partial charge < -0.3 is 5.32 Å². The Morgan fingerprint density at radius 2 is 2.05 bits per heavy atom. The SMILES string of the molecule is Cc1ccnc(Cl)c1NC(=O)c1ccc2c(c1)CCC2. The minimum Gasteiger partial charge on any atom is -0.319 e. The maximum Gasteiger partial charge on any atom is 0.255 e. The minimum atomic E-state index is -0.141. The molecule has 0 saturated heterocycles. The zero-order valence-electron chi connectivity index (χ0n) is 11.2. The van der Waals surface area contributed by atoms with Crippen LogP contribution in [0.5, 0.6) is 0 Å². The number of hydrogen-bond acceptors (Lipinski definition) is 2. The van der Waals surface area contributed by atoms with Crippen LogP contribution in [0.1, 0.15) is 33.5 Å². The van der Waals surface area contributed by atoms with Crippen LogP contribution in [0.2, 0.25) is 5.15 Å². The van der Waals surface area contributed by atoms with E-state index >= 15 is 0 Å². The quantitative estimate of drug-likeness (QED) is 0.854. The van der Waals surface area contributed by atoms with Crippen LogP contribution in [0.3, 0.4) is 0 Å². The molecule has 0 radical (unpaired) electrons. The van der Waals surface area contributed by atoms with Crippen LogP contribution in [0.25, 0.3) is 0 Å². The smallest absolute Gasteiger partial charge is 0.255 e. The first-order valence-electron chi connectivity index (χ1n) is 6.69. The summed E-state index contributed by atoms with van der Waals surface area (Å²) < 4.78 is 0. The van der Waals surface area contributed by atoms with Gasteiger partial charge in [0.1, 0.15) is 0 Å². The first-order chi connectivity index (χ1) is 9.65. The largest absolute Gasteiger partial charge is 0.319 e. The Bertz CT molecular complexity index is 662. The van der Waals surface area contributed by atoms with E-state index in [0.29, 0.717) is 16.4 Å². The van der Waals surface area contributed by atoms with Crippen LogP contribution in [-0.4, -0.2) is 10.9 Å². The number of aromatic nitrogens is 1. The van der Waals surface area contributed by atoms with E-state index in [1.165, 1.54) is 17.5 Å². The highest BCUT2D eigenvalue weighted by atomic mass is 35.5. The second-order valence-electron chi connectivity index (χ2n) is 5.08. The number of nitrogens with zero attached hydrogens (tertiary/aromatic N) is 1. The zero-order chi connectivity index (χ0) is 14.1. The fraction of sp³-hybridized carbons (Fsp3) is 0.250. The number of pyridine rings is 1. The van der Waals surface area contributed by atoms with Crippen LogP contribution in [0, 0.1) is 6.92 Å². The van der Waals surface area contributed by atoms with E-state index in [2.05, 4.69) is 16.4 Å². The van der Waals surface area contributed by atoms with Crippen molar-refractivity contribution in [1.29, 1.82) is 0 Å². The molecule has 1 aliphatic rings. The predicted molar refractivity (Wildman–Crippen MR) is 80.4 cm³/mol. The monoisotopic (exact) mass is 286 g/mol. The fourth-order valence-electron chi connectivity index (χ4n) is 2.57. The van der Waals surface area contributed by atoms with Crippen LogP contribution in [-0.2, 0) is 12.8 Å². The molecule has 2 aromatic rings. The average molecular weight is 287 g/mol. The van der Waals surface area contributed by atoms with Gasteiger partial charge in [-0.25, -0.2) is 4.98 Å². The first kappa shape index (κ1) is 13.1. The summed E-state index contributed by atoms with van der Waals surface area (Å²) in [4.78, 5) is 16.3. The standard InChI is InChI=1S/C16H15ClN2O/c1-10-7-8-18-15(17)14(10)19-16(20)13-6-5-11-3-2-4-12(11)9-13/h5-9H,2-4H2,1H3,(H,19,20). The highest BCUT2D eigenvalue weighted by Gasteiger charge is 2.15. The Balaban J connectivity index is 1.86. The van der Waals surface area contributed by atoms with Gasteiger partial charge in [-0.3, -0.25) is 4.79 Å². The molecule has 1 aromatic heterocycles. The summed E-state index contributed by atoms with van der Waals surface area (Å²) in [6.07, 6.45) is 4.98. The van der Waals surface area contributed by atoms with Crippen molar-refractivity contribution in [2.24, 2.45) is 0 Å². The van der Waals surface area contributed by atoms with Gasteiger partial charge in [0.25, 0.3) is 5.91 Å². The Labute approximate surface area is 123 Å². The van der Waals surface area contributed by atoms with Crippen LogP contribution in [0.15, 0.2) is 30.5 Å². The Kier molecular flexibility index (Phi) is 3.45. The van der Waals surface area contributed by atoms with E-state index < -0.39 is 0 Å².